The molecule has 0 saturated heterocycles. The summed E-state index contributed by atoms with van der Waals surface area (Å²) < 4.78 is 27.9. The molecule has 0 aliphatic carbocycles. The monoisotopic (exact) mass is 226 g/mol. The number of carbonyl (C=O) groups excluding carboxylic acids is 1. The molecule has 0 spiro atoms. The highest BCUT2D eigenvalue weighted by Gasteiger charge is 2.39. The van der Waals surface area contributed by atoms with Gasteiger partial charge in [-0.1, -0.05) is 19.1 Å². The molecule has 0 radical (unpaired) electrons. The molecule has 0 saturated carbocycles. The van der Waals surface area contributed by atoms with Crippen molar-refractivity contribution < 1.29 is 17.4 Å². The average molecular weight is 226 g/mol. The maximum Gasteiger partial charge on any atom is 0.319 e. The van der Waals surface area contributed by atoms with Gasteiger partial charge in [0.15, 0.2) is 16.8 Å². The lowest BCUT2D eigenvalue weighted by Crippen LogP contribution is -2.37. The van der Waals surface area contributed by atoms with Crippen LogP contribution in [-0.2, 0) is 10.1 Å². The molecule has 1 heterocycles. The molecule has 0 N–H and O–H groups in total. The Bertz CT molecular complexity index is 504. The Morgan fingerprint density at radius 2 is 2.00 bits per heavy atom. The number of Topliss-reactive ketones (excluding diaryl/α,β-unsaturated/α-hetero) is 1. The Labute approximate surface area is 88.0 Å². The van der Waals surface area contributed by atoms with Gasteiger partial charge in [-0.25, -0.2) is 0 Å². The lowest BCUT2D eigenvalue weighted by Gasteiger charge is -2.22. The zero-order chi connectivity index (χ0) is 11.1. The van der Waals surface area contributed by atoms with Gasteiger partial charge in [-0.05, 0) is 18.6 Å². The van der Waals surface area contributed by atoms with Crippen molar-refractivity contribution in [3.8, 4) is 5.75 Å². The number of para-hydroxylation sites is 1. The van der Waals surface area contributed by atoms with Crippen LogP contribution >= 0.6 is 0 Å². The number of hydrogen-bond acceptors (Lipinski definition) is 4. The molecule has 1 aliphatic heterocycles. The van der Waals surface area contributed by atoms with Gasteiger partial charge in [-0.2, -0.15) is 8.42 Å². The number of hydrogen-bond donors (Lipinski definition) is 0. The van der Waals surface area contributed by atoms with Crippen LogP contribution in [0.2, 0.25) is 0 Å². The quantitative estimate of drug-likeness (QED) is 0.678. The van der Waals surface area contributed by atoms with Crippen molar-refractivity contribution in [2.24, 2.45) is 0 Å². The summed E-state index contributed by atoms with van der Waals surface area (Å²) in [7, 11) is -3.79. The minimum Gasteiger partial charge on any atom is -0.381 e. The summed E-state index contributed by atoms with van der Waals surface area (Å²) in [6, 6.07) is 6.38. The first-order valence-corrected chi connectivity index (χ1v) is 6.10. The number of fused-ring (bicyclic) bond motifs is 1. The molecule has 0 fully saturated rings. The fourth-order valence-electron chi connectivity index (χ4n) is 1.62. The predicted octanol–water partition coefficient (Wildman–Crippen LogP) is 1.37. The van der Waals surface area contributed by atoms with Crippen LogP contribution in [0.15, 0.2) is 24.3 Å². The van der Waals surface area contributed by atoms with Crippen LogP contribution in [0.3, 0.4) is 0 Å². The number of benzene rings is 1. The summed E-state index contributed by atoms with van der Waals surface area (Å²) in [5.41, 5.74) is 0.346. The smallest absolute Gasteiger partial charge is 0.319 e. The molecule has 0 bridgehead atoms. The van der Waals surface area contributed by atoms with Gasteiger partial charge in [0.2, 0.25) is 0 Å². The van der Waals surface area contributed by atoms with Crippen molar-refractivity contribution >= 4 is 15.9 Å². The molecule has 80 valence electrons. The minimum atomic E-state index is -3.79. The third-order valence-corrected chi connectivity index (χ3v) is 4.03. The van der Waals surface area contributed by atoms with Crippen LogP contribution in [-0.4, -0.2) is 19.5 Å². The van der Waals surface area contributed by atoms with Crippen LogP contribution in [0.25, 0.3) is 0 Å². The number of rotatable bonds is 1. The van der Waals surface area contributed by atoms with E-state index in [-0.39, 0.29) is 18.0 Å². The zero-order valence-electron chi connectivity index (χ0n) is 8.14. The van der Waals surface area contributed by atoms with Crippen LogP contribution < -0.4 is 4.18 Å². The van der Waals surface area contributed by atoms with Crippen molar-refractivity contribution in [1.82, 2.24) is 0 Å². The van der Waals surface area contributed by atoms with E-state index in [1.54, 1.807) is 25.1 Å². The van der Waals surface area contributed by atoms with Crippen LogP contribution in [0, 0.1) is 0 Å². The SMILES string of the molecule is CCC1C(=O)c2ccccc2OS1(=O)=O. The molecule has 1 aliphatic rings. The fraction of sp³-hybridized carbons (Fsp3) is 0.300. The maximum absolute atomic E-state index is 11.8. The van der Waals surface area contributed by atoms with Crippen molar-refractivity contribution in [2.45, 2.75) is 18.6 Å². The molecule has 1 aromatic rings. The molecular formula is C10H10O4S. The van der Waals surface area contributed by atoms with Gasteiger partial charge in [0.05, 0.1) is 5.56 Å². The van der Waals surface area contributed by atoms with Crippen LogP contribution in [0.4, 0.5) is 0 Å². The Morgan fingerprint density at radius 3 is 2.67 bits per heavy atom. The van der Waals surface area contributed by atoms with Gasteiger partial charge in [-0.3, -0.25) is 4.79 Å². The van der Waals surface area contributed by atoms with E-state index >= 15 is 0 Å². The first-order valence-electron chi connectivity index (χ1n) is 4.63. The van der Waals surface area contributed by atoms with Crippen LogP contribution in [0.1, 0.15) is 23.7 Å². The lowest BCUT2D eigenvalue weighted by atomic mass is 10.1. The molecule has 0 amide bonds. The maximum atomic E-state index is 11.8. The highest BCUT2D eigenvalue weighted by Crippen LogP contribution is 2.30. The van der Waals surface area contributed by atoms with E-state index in [1.165, 1.54) is 6.07 Å². The van der Waals surface area contributed by atoms with E-state index in [9.17, 15) is 13.2 Å². The van der Waals surface area contributed by atoms with Gasteiger partial charge < -0.3 is 4.18 Å². The van der Waals surface area contributed by atoms with Crippen molar-refractivity contribution in [1.29, 1.82) is 0 Å². The number of carbonyl (C=O) groups is 1. The van der Waals surface area contributed by atoms with Crippen molar-refractivity contribution in [3.63, 3.8) is 0 Å². The average Bonchev–Trinajstić information content (AvgIpc) is 2.17. The minimum absolute atomic E-state index is 0.132. The zero-order valence-corrected chi connectivity index (χ0v) is 8.95. The molecular weight excluding hydrogens is 216 g/mol. The second-order valence-electron chi connectivity index (χ2n) is 3.33. The molecule has 0 aromatic heterocycles. The molecule has 1 aromatic carbocycles. The largest absolute Gasteiger partial charge is 0.381 e. The fourth-order valence-corrected chi connectivity index (χ4v) is 2.93. The van der Waals surface area contributed by atoms with E-state index < -0.39 is 15.4 Å². The molecule has 5 heteroatoms. The van der Waals surface area contributed by atoms with Crippen molar-refractivity contribution in [3.05, 3.63) is 29.8 Å². The Morgan fingerprint density at radius 1 is 1.33 bits per heavy atom. The van der Waals surface area contributed by atoms with Gasteiger partial charge >= 0.3 is 10.1 Å². The van der Waals surface area contributed by atoms with E-state index in [0.29, 0.717) is 5.56 Å². The topological polar surface area (TPSA) is 60.4 Å². The highest BCUT2D eigenvalue weighted by atomic mass is 32.2. The standard InChI is InChI=1S/C10H10O4S/c1-2-9-10(11)7-5-3-4-6-8(7)14-15(9,12)13/h3-6,9H,2H2,1H3. The summed E-state index contributed by atoms with van der Waals surface area (Å²) in [5.74, 6) is -0.244. The van der Waals surface area contributed by atoms with E-state index in [0.717, 1.165) is 0 Å². The Kier molecular flexibility index (Phi) is 2.26. The molecule has 4 nitrogen and oxygen atoms in total. The Hall–Kier alpha value is -1.36. The third-order valence-electron chi connectivity index (χ3n) is 2.37. The van der Waals surface area contributed by atoms with E-state index in [4.69, 9.17) is 4.18 Å². The molecule has 1 unspecified atom stereocenters. The Balaban J connectivity index is 2.61. The van der Waals surface area contributed by atoms with Gasteiger partial charge in [0.1, 0.15) is 0 Å². The first kappa shape index (κ1) is 10.2. The van der Waals surface area contributed by atoms with Gasteiger partial charge in [-0.15, -0.1) is 0 Å². The second-order valence-corrected chi connectivity index (χ2v) is 5.05. The lowest BCUT2D eigenvalue weighted by molar-refractivity contribution is 0.0975. The summed E-state index contributed by atoms with van der Waals surface area (Å²) in [5, 5.41) is -1.06. The van der Waals surface area contributed by atoms with Crippen molar-refractivity contribution in [2.75, 3.05) is 0 Å². The summed E-state index contributed by atoms with van der Waals surface area (Å²) in [6.07, 6.45) is 0.232. The van der Waals surface area contributed by atoms with Gasteiger partial charge in [0, 0.05) is 0 Å². The predicted molar refractivity (Wildman–Crippen MR) is 54.4 cm³/mol. The summed E-state index contributed by atoms with van der Waals surface area (Å²) in [6.45, 7) is 1.65. The number of ketones is 1. The van der Waals surface area contributed by atoms with Crippen LogP contribution in [0.5, 0.6) is 5.75 Å². The normalized spacial score (nSPS) is 23.0. The summed E-state index contributed by atoms with van der Waals surface area (Å²) >= 11 is 0. The van der Waals surface area contributed by atoms with E-state index in [2.05, 4.69) is 0 Å². The summed E-state index contributed by atoms with van der Waals surface area (Å²) in [4.78, 5) is 11.8. The van der Waals surface area contributed by atoms with E-state index in [1.807, 2.05) is 0 Å². The first-order chi connectivity index (χ1) is 7.06. The molecule has 15 heavy (non-hydrogen) atoms. The third kappa shape index (κ3) is 1.52. The highest BCUT2D eigenvalue weighted by molar-refractivity contribution is 7.88. The second kappa shape index (κ2) is 3.34. The molecule has 2 rings (SSSR count). The molecule has 1 atom stereocenters. The van der Waals surface area contributed by atoms with Gasteiger partial charge in [0.25, 0.3) is 0 Å².